The van der Waals surface area contributed by atoms with Crippen LogP contribution in [0.15, 0.2) is 52.3 Å². The summed E-state index contributed by atoms with van der Waals surface area (Å²) in [6.07, 6.45) is -5.28. The third kappa shape index (κ3) is 7.90. The fraction of sp³-hybridized carbons (Fsp3) is 0.333. The van der Waals surface area contributed by atoms with E-state index in [1.807, 2.05) is 0 Å². The van der Waals surface area contributed by atoms with Gasteiger partial charge in [-0.2, -0.15) is 13.2 Å². The van der Waals surface area contributed by atoms with E-state index < -0.39 is 24.7 Å². The number of amides is 1. The highest BCUT2D eigenvalue weighted by Crippen LogP contribution is 2.30. The molecule has 3 rings (SSSR count). The van der Waals surface area contributed by atoms with E-state index in [0.29, 0.717) is 34.7 Å². The van der Waals surface area contributed by atoms with Crippen LogP contribution >= 0.6 is 11.8 Å². The Hall–Kier alpha value is -3.35. The first-order valence-electron chi connectivity index (χ1n) is 10.2. The van der Waals surface area contributed by atoms with Crippen molar-refractivity contribution in [3.05, 3.63) is 42.2 Å². The van der Waals surface area contributed by atoms with E-state index in [9.17, 15) is 22.4 Å². The third-order valence-corrected chi connectivity index (χ3v) is 5.37. The minimum Gasteiger partial charge on any atom is -0.385 e. The van der Waals surface area contributed by atoms with Crippen LogP contribution in [0.4, 0.5) is 34.9 Å². The summed E-state index contributed by atoms with van der Waals surface area (Å²) in [6.45, 7) is 2.28. The number of nitrogens with one attached hydrogen (secondary N) is 3. The van der Waals surface area contributed by atoms with Gasteiger partial charge in [0.05, 0.1) is 6.54 Å². The number of halogens is 4. The molecule has 0 saturated carbocycles. The summed E-state index contributed by atoms with van der Waals surface area (Å²) in [7, 11) is 0. The Morgan fingerprint density at radius 1 is 1.29 bits per heavy atom. The first-order chi connectivity index (χ1) is 16.0. The van der Waals surface area contributed by atoms with E-state index in [1.54, 1.807) is 30.0 Å². The maximum absolute atomic E-state index is 13.7. The second-order valence-corrected chi connectivity index (χ2v) is 8.64. The lowest BCUT2D eigenvalue weighted by atomic mass is 10.3. The van der Waals surface area contributed by atoms with Crippen LogP contribution in [0.2, 0.25) is 0 Å². The number of hydrogen-bond acceptors (Lipinski definition) is 8. The van der Waals surface area contributed by atoms with Crippen molar-refractivity contribution < 1.29 is 22.4 Å². The number of aromatic nitrogens is 2. The molecule has 1 atom stereocenters. The van der Waals surface area contributed by atoms with Crippen LogP contribution in [0.25, 0.3) is 0 Å². The molecule has 34 heavy (non-hydrogen) atoms. The van der Waals surface area contributed by atoms with Crippen molar-refractivity contribution in [2.24, 2.45) is 5.73 Å². The molecule has 1 unspecified atom stereocenters. The second-order valence-electron chi connectivity index (χ2n) is 7.60. The summed E-state index contributed by atoms with van der Waals surface area (Å²) < 4.78 is 50.7. The highest BCUT2D eigenvalue weighted by atomic mass is 32.2. The van der Waals surface area contributed by atoms with Gasteiger partial charge in [0.1, 0.15) is 30.0 Å². The summed E-state index contributed by atoms with van der Waals surface area (Å²) in [5, 5.41) is 12.9. The molecular weight excluding hydrogens is 474 g/mol. The predicted octanol–water partition coefficient (Wildman–Crippen LogP) is 4.32. The van der Waals surface area contributed by atoms with Crippen LogP contribution in [0.1, 0.15) is 19.8 Å². The summed E-state index contributed by atoms with van der Waals surface area (Å²) in [5.74, 6) is -0.0736. The van der Waals surface area contributed by atoms with Crippen molar-refractivity contribution in [3.8, 4) is 0 Å². The molecule has 1 aromatic heterocycles. The zero-order valence-electron chi connectivity index (χ0n) is 18.1. The van der Waals surface area contributed by atoms with Crippen molar-refractivity contribution in [3.63, 3.8) is 0 Å². The average Bonchev–Trinajstić information content (AvgIpc) is 3.13. The number of carbonyl (C=O) groups excluding carboxylic acids is 1. The molecule has 0 spiro atoms. The third-order valence-electron chi connectivity index (χ3n) is 4.50. The quantitative estimate of drug-likeness (QED) is 0.244. The molecule has 1 aromatic carbocycles. The van der Waals surface area contributed by atoms with Crippen LogP contribution in [0, 0.1) is 5.41 Å². The van der Waals surface area contributed by atoms with Crippen molar-refractivity contribution in [2.75, 3.05) is 28.6 Å². The highest BCUT2D eigenvalue weighted by molar-refractivity contribution is 7.99. The Morgan fingerprint density at radius 3 is 2.59 bits per heavy atom. The molecule has 1 amide bonds. The Labute approximate surface area is 197 Å². The van der Waals surface area contributed by atoms with Gasteiger partial charge in [-0.25, -0.2) is 14.4 Å². The summed E-state index contributed by atoms with van der Waals surface area (Å²) in [5.41, 5.74) is 6.36. The zero-order chi connectivity index (χ0) is 24.9. The molecular formula is C21H23F4N7OS. The molecule has 8 nitrogen and oxygen atoms in total. The van der Waals surface area contributed by atoms with Gasteiger partial charge in [-0.1, -0.05) is 0 Å². The predicted molar refractivity (Wildman–Crippen MR) is 123 cm³/mol. The van der Waals surface area contributed by atoms with Gasteiger partial charge in [0, 0.05) is 28.9 Å². The minimum absolute atomic E-state index is 0.205. The molecule has 182 valence electrons. The lowest BCUT2D eigenvalue weighted by molar-refractivity contribution is -0.150. The topological polar surface area (TPSA) is 120 Å². The number of nitrogens with zero attached hydrogens (tertiary/aromatic N) is 3. The first-order valence-corrected chi connectivity index (χ1v) is 11.0. The van der Waals surface area contributed by atoms with Crippen LogP contribution in [-0.4, -0.2) is 47.0 Å². The summed E-state index contributed by atoms with van der Waals surface area (Å²) in [6, 6.07) is 7.80. The van der Waals surface area contributed by atoms with E-state index >= 15 is 0 Å². The van der Waals surface area contributed by atoms with E-state index in [4.69, 9.17) is 11.1 Å². The van der Waals surface area contributed by atoms with Crippen LogP contribution in [-0.2, 0) is 4.79 Å². The summed E-state index contributed by atoms with van der Waals surface area (Å²) >= 11 is 1.18. The van der Waals surface area contributed by atoms with E-state index in [0.717, 1.165) is 0 Å². The number of alkyl halides is 4. The number of carbonyl (C=O) groups is 1. The molecule has 0 radical (unpaired) electrons. The number of anilines is 3. The van der Waals surface area contributed by atoms with Crippen LogP contribution in [0.3, 0.4) is 0 Å². The maximum Gasteiger partial charge on any atom is 0.397 e. The van der Waals surface area contributed by atoms with Gasteiger partial charge in [0.2, 0.25) is 5.91 Å². The van der Waals surface area contributed by atoms with Gasteiger partial charge >= 0.3 is 6.18 Å². The fourth-order valence-corrected chi connectivity index (χ4v) is 3.89. The van der Waals surface area contributed by atoms with Gasteiger partial charge in [-0.15, -0.1) is 0 Å². The first kappa shape index (κ1) is 25.3. The number of nitrogens with two attached hydrogens (primary N) is 1. The molecule has 1 aliphatic heterocycles. The lowest BCUT2D eigenvalue weighted by Crippen LogP contribution is -2.22. The van der Waals surface area contributed by atoms with Gasteiger partial charge in [-0.05, 0) is 55.4 Å². The summed E-state index contributed by atoms with van der Waals surface area (Å²) in [4.78, 5) is 22.8. The lowest BCUT2D eigenvalue weighted by Gasteiger charge is -2.18. The zero-order valence-corrected chi connectivity index (χ0v) is 18.9. The molecule has 1 fully saturated rings. The highest BCUT2D eigenvalue weighted by Gasteiger charge is 2.31. The normalized spacial score (nSPS) is 16.4. The fourth-order valence-electron chi connectivity index (χ4n) is 3.13. The minimum atomic E-state index is -4.58. The number of hydrogen-bond donors (Lipinski definition) is 4. The monoisotopic (exact) mass is 497 g/mol. The van der Waals surface area contributed by atoms with Crippen molar-refractivity contribution in [1.82, 2.24) is 9.97 Å². The van der Waals surface area contributed by atoms with Gasteiger partial charge in [0.15, 0.2) is 5.16 Å². The second kappa shape index (κ2) is 10.7. The van der Waals surface area contributed by atoms with Crippen LogP contribution < -0.4 is 21.3 Å². The Kier molecular flexibility index (Phi) is 7.97. The van der Waals surface area contributed by atoms with Crippen LogP contribution in [0.5, 0.6) is 0 Å². The Bertz CT molecular complexity index is 1080. The molecule has 1 saturated heterocycles. The van der Waals surface area contributed by atoms with Crippen molar-refractivity contribution in [2.45, 2.75) is 42.2 Å². The van der Waals surface area contributed by atoms with Crippen molar-refractivity contribution in [1.29, 1.82) is 5.41 Å². The van der Waals surface area contributed by atoms with Gasteiger partial charge in [-0.3, -0.25) is 4.79 Å². The number of rotatable bonds is 8. The molecule has 13 heteroatoms. The van der Waals surface area contributed by atoms with E-state index in [-0.39, 0.29) is 23.8 Å². The SMILES string of the molecule is CC(=N)/C=C(\N)Nc1cc(N2CCC(F)C2)nc(Sc2ccc(NC(=O)CC(F)(F)F)cc2)n1. The molecule has 0 aliphatic carbocycles. The maximum atomic E-state index is 13.7. The molecule has 1 aliphatic rings. The molecule has 2 aromatic rings. The number of allylic oxidation sites excluding steroid dienone is 1. The van der Waals surface area contributed by atoms with Gasteiger partial charge in [0.25, 0.3) is 0 Å². The Balaban J connectivity index is 1.77. The van der Waals surface area contributed by atoms with Gasteiger partial charge < -0.3 is 26.7 Å². The van der Waals surface area contributed by atoms with E-state index in [1.165, 1.54) is 30.0 Å². The smallest absolute Gasteiger partial charge is 0.385 e. The molecule has 2 heterocycles. The molecule has 5 N–H and O–H groups in total. The Morgan fingerprint density at radius 2 is 2.00 bits per heavy atom. The largest absolute Gasteiger partial charge is 0.397 e. The average molecular weight is 498 g/mol. The number of benzene rings is 1. The van der Waals surface area contributed by atoms with E-state index in [2.05, 4.69) is 20.6 Å². The molecule has 0 bridgehead atoms. The standard InChI is InChI=1S/C21H23F4N7OS/c1-12(26)8-16(27)29-17-9-18(32-7-6-13(22)11-32)31-20(30-17)34-15-4-2-14(3-5-15)28-19(33)10-21(23,24)25/h2-5,8-9,13,26H,6-7,10-11,27H2,1H3,(H,28,33)(H,29,30,31)/b16-8+,26-12?. The van der Waals surface area contributed by atoms with Crippen molar-refractivity contribution >= 4 is 40.7 Å².